The molecule has 1 N–H and O–H groups in total. The lowest BCUT2D eigenvalue weighted by Gasteiger charge is -2.25. The fourth-order valence-corrected chi connectivity index (χ4v) is 1.64. The Kier molecular flexibility index (Phi) is 5.08. The molecular weight excluding hydrogens is 234 g/mol. The first-order valence-electron chi connectivity index (χ1n) is 6.27. The number of anilines is 1. The zero-order chi connectivity index (χ0) is 13.9. The molecule has 102 valence electrons. The molecule has 0 spiro atoms. The summed E-state index contributed by atoms with van der Waals surface area (Å²) in [6, 6.07) is 3.13. The van der Waals surface area contributed by atoms with Gasteiger partial charge in [0.15, 0.2) is 0 Å². The number of halogens is 2. The van der Waals surface area contributed by atoms with Crippen LogP contribution in [0.15, 0.2) is 12.1 Å². The van der Waals surface area contributed by atoms with Gasteiger partial charge in [0.25, 0.3) is 0 Å². The maximum Gasteiger partial charge on any atom is 0.149 e. The number of hydrogen-bond donors (Lipinski definition) is 1. The molecule has 0 unspecified atom stereocenters. The van der Waals surface area contributed by atoms with Crippen LogP contribution in [0.1, 0.15) is 33.3 Å². The normalized spacial score (nSPS) is 11.4. The molecule has 0 saturated heterocycles. The summed E-state index contributed by atoms with van der Waals surface area (Å²) in [5.41, 5.74) is 0.665. The summed E-state index contributed by atoms with van der Waals surface area (Å²) >= 11 is 0. The van der Waals surface area contributed by atoms with Crippen LogP contribution in [0.5, 0.6) is 0 Å². The minimum atomic E-state index is -0.508. The van der Waals surface area contributed by atoms with E-state index in [0.717, 1.165) is 0 Å². The van der Waals surface area contributed by atoms with E-state index in [1.54, 1.807) is 11.9 Å². The molecule has 2 nitrogen and oxygen atoms in total. The Morgan fingerprint density at radius 3 is 2.00 bits per heavy atom. The van der Waals surface area contributed by atoms with Crippen LogP contribution in [0, 0.1) is 11.6 Å². The van der Waals surface area contributed by atoms with Gasteiger partial charge in [-0.2, -0.15) is 0 Å². The standard InChI is InChI=1S/C14H22F2N2/c1-9(2)17-8-11-6-12(15)14(13(16)7-11)18(5)10(3)4/h6-7,9-10,17H,8H2,1-5H3. The molecule has 1 aromatic rings. The molecule has 0 aliphatic carbocycles. The van der Waals surface area contributed by atoms with Gasteiger partial charge in [0, 0.05) is 25.7 Å². The average Bonchev–Trinajstić information content (AvgIpc) is 2.25. The van der Waals surface area contributed by atoms with Gasteiger partial charge in [-0.1, -0.05) is 13.8 Å². The number of hydrogen-bond acceptors (Lipinski definition) is 2. The van der Waals surface area contributed by atoms with E-state index in [2.05, 4.69) is 5.32 Å². The lowest BCUT2D eigenvalue weighted by atomic mass is 10.1. The Bertz CT molecular complexity index is 380. The molecule has 0 fully saturated rings. The molecular formula is C14H22F2N2. The summed E-state index contributed by atoms with van der Waals surface area (Å²) in [6.45, 7) is 8.25. The Labute approximate surface area is 108 Å². The summed E-state index contributed by atoms with van der Waals surface area (Å²) in [7, 11) is 1.69. The van der Waals surface area contributed by atoms with Crippen molar-refractivity contribution < 1.29 is 8.78 Å². The van der Waals surface area contributed by atoms with Crippen LogP contribution in [0.3, 0.4) is 0 Å². The van der Waals surface area contributed by atoms with E-state index in [0.29, 0.717) is 12.1 Å². The van der Waals surface area contributed by atoms with E-state index < -0.39 is 11.6 Å². The molecule has 1 rings (SSSR count). The minimum Gasteiger partial charge on any atom is -0.367 e. The van der Waals surface area contributed by atoms with Gasteiger partial charge < -0.3 is 10.2 Å². The Balaban J connectivity index is 2.97. The molecule has 1 aromatic carbocycles. The van der Waals surface area contributed by atoms with Gasteiger partial charge in [-0.3, -0.25) is 0 Å². The van der Waals surface area contributed by atoms with Crippen molar-refractivity contribution >= 4 is 5.69 Å². The Morgan fingerprint density at radius 1 is 1.11 bits per heavy atom. The highest BCUT2D eigenvalue weighted by Gasteiger charge is 2.17. The van der Waals surface area contributed by atoms with E-state index in [1.165, 1.54) is 12.1 Å². The van der Waals surface area contributed by atoms with Gasteiger partial charge in [-0.05, 0) is 31.5 Å². The number of rotatable bonds is 5. The summed E-state index contributed by atoms with van der Waals surface area (Å²) in [4.78, 5) is 1.60. The van der Waals surface area contributed by atoms with Crippen molar-refractivity contribution in [2.75, 3.05) is 11.9 Å². The van der Waals surface area contributed by atoms with Gasteiger partial charge in [0.2, 0.25) is 0 Å². The molecule has 0 saturated carbocycles. The summed E-state index contributed by atoms with van der Waals surface area (Å²) < 4.78 is 27.9. The summed E-state index contributed by atoms with van der Waals surface area (Å²) in [6.07, 6.45) is 0. The van der Waals surface area contributed by atoms with Crippen molar-refractivity contribution in [3.05, 3.63) is 29.3 Å². The van der Waals surface area contributed by atoms with E-state index in [9.17, 15) is 8.78 Å². The molecule has 0 radical (unpaired) electrons. The number of nitrogens with one attached hydrogen (secondary N) is 1. The fraction of sp³-hybridized carbons (Fsp3) is 0.571. The smallest absolute Gasteiger partial charge is 0.149 e. The van der Waals surface area contributed by atoms with Crippen molar-refractivity contribution in [3.8, 4) is 0 Å². The second-order valence-electron chi connectivity index (χ2n) is 5.15. The largest absolute Gasteiger partial charge is 0.367 e. The molecule has 4 heteroatoms. The predicted molar refractivity (Wildman–Crippen MR) is 71.9 cm³/mol. The van der Waals surface area contributed by atoms with Crippen LogP contribution in [0.25, 0.3) is 0 Å². The molecule has 18 heavy (non-hydrogen) atoms. The number of benzene rings is 1. The van der Waals surface area contributed by atoms with Crippen molar-refractivity contribution in [2.45, 2.75) is 46.3 Å². The first-order chi connectivity index (χ1) is 8.32. The molecule has 0 bridgehead atoms. The molecule has 0 aromatic heterocycles. The Morgan fingerprint density at radius 2 is 1.61 bits per heavy atom. The van der Waals surface area contributed by atoms with E-state index >= 15 is 0 Å². The van der Waals surface area contributed by atoms with Gasteiger partial charge >= 0.3 is 0 Å². The molecule has 0 heterocycles. The predicted octanol–water partition coefficient (Wildman–Crippen LogP) is 3.31. The highest BCUT2D eigenvalue weighted by molar-refractivity contribution is 5.50. The van der Waals surface area contributed by atoms with Gasteiger partial charge in [0.1, 0.15) is 17.3 Å². The van der Waals surface area contributed by atoms with Crippen LogP contribution in [-0.2, 0) is 6.54 Å². The second-order valence-corrected chi connectivity index (χ2v) is 5.15. The highest BCUT2D eigenvalue weighted by atomic mass is 19.1. The van der Waals surface area contributed by atoms with Crippen LogP contribution in [0.4, 0.5) is 14.5 Å². The van der Waals surface area contributed by atoms with E-state index in [1.807, 2.05) is 27.7 Å². The third kappa shape index (κ3) is 3.67. The SMILES string of the molecule is CC(C)NCc1cc(F)c(N(C)C(C)C)c(F)c1. The lowest BCUT2D eigenvalue weighted by Crippen LogP contribution is -2.28. The first kappa shape index (κ1) is 14.9. The van der Waals surface area contributed by atoms with Crippen LogP contribution < -0.4 is 10.2 Å². The van der Waals surface area contributed by atoms with E-state index in [-0.39, 0.29) is 17.8 Å². The third-order valence-corrected chi connectivity index (χ3v) is 2.92. The molecule has 0 aliphatic heterocycles. The van der Waals surface area contributed by atoms with Crippen LogP contribution in [-0.4, -0.2) is 19.1 Å². The number of nitrogens with zero attached hydrogens (tertiary/aromatic N) is 1. The summed E-state index contributed by atoms with van der Waals surface area (Å²) in [5.74, 6) is -1.02. The van der Waals surface area contributed by atoms with Gasteiger partial charge in [-0.25, -0.2) is 8.78 Å². The van der Waals surface area contributed by atoms with Crippen LogP contribution in [0.2, 0.25) is 0 Å². The lowest BCUT2D eigenvalue weighted by molar-refractivity contribution is 0.552. The molecule has 0 aliphatic rings. The van der Waals surface area contributed by atoms with Crippen LogP contribution >= 0.6 is 0 Å². The second kappa shape index (κ2) is 6.14. The first-order valence-corrected chi connectivity index (χ1v) is 6.27. The maximum atomic E-state index is 13.9. The van der Waals surface area contributed by atoms with Crippen molar-refractivity contribution in [3.63, 3.8) is 0 Å². The highest BCUT2D eigenvalue weighted by Crippen LogP contribution is 2.25. The fourth-order valence-electron chi connectivity index (χ4n) is 1.64. The topological polar surface area (TPSA) is 15.3 Å². The van der Waals surface area contributed by atoms with Gasteiger partial charge in [-0.15, -0.1) is 0 Å². The zero-order valence-corrected chi connectivity index (χ0v) is 11.7. The third-order valence-electron chi connectivity index (χ3n) is 2.92. The van der Waals surface area contributed by atoms with Crippen molar-refractivity contribution in [2.24, 2.45) is 0 Å². The molecule has 0 amide bonds. The summed E-state index contributed by atoms with van der Waals surface area (Å²) in [5, 5.41) is 3.14. The minimum absolute atomic E-state index is 0.0401. The zero-order valence-electron chi connectivity index (χ0n) is 11.7. The monoisotopic (exact) mass is 256 g/mol. The molecule has 0 atom stereocenters. The van der Waals surface area contributed by atoms with E-state index in [4.69, 9.17) is 0 Å². The van der Waals surface area contributed by atoms with Gasteiger partial charge in [0.05, 0.1) is 0 Å². The van der Waals surface area contributed by atoms with Crippen molar-refractivity contribution in [1.29, 1.82) is 0 Å². The quantitative estimate of drug-likeness (QED) is 0.869. The Hall–Kier alpha value is -1.16. The van der Waals surface area contributed by atoms with Crippen molar-refractivity contribution in [1.82, 2.24) is 5.32 Å². The maximum absolute atomic E-state index is 13.9. The average molecular weight is 256 g/mol.